The normalized spacial score (nSPS) is 14.5. The van der Waals surface area contributed by atoms with E-state index in [4.69, 9.17) is 16.3 Å². The second kappa shape index (κ2) is 9.68. The van der Waals surface area contributed by atoms with Crippen molar-refractivity contribution in [2.24, 2.45) is 0 Å². The first-order valence-corrected chi connectivity index (χ1v) is 10.4. The number of amides is 2. The standard InChI is InChI=1S/C22H23ClF3N3O3/c1-14(2)32-17-6-3-15(4-7-17)20(30)27-16-5-8-19(18(23)13-16)28-9-11-29(12-10-28)21(31)22(24,25)26/h3-8,13-14H,9-12H2,1-2H3,(H,27,30). The van der Waals surface area contributed by atoms with Crippen molar-refractivity contribution in [3.05, 3.63) is 53.1 Å². The van der Waals surface area contributed by atoms with Gasteiger partial charge in [-0.1, -0.05) is 11.6 Å². The first-order valence-electron chi connectivity index (χ1n) is 10.0. The number of alkyl halides is 3. The minimum atomic E-state index is -4.87. The highest BCUT2D eigenvalue weighted by Gasteiger charge is 2.43. The van der Waals surface area contributed by atoms with E-state index >= 15 is 0 Å². The van der Waals surface area contributed by atoms with Crippen LogP contribution in [0.3, 0.4) is 0 Å². The van der Waals surface area contributed by atoms with Crippen LogP contribution in [0.2, 0.25) is 5.02 Å². The van der Waals surface area contributed by atoms with Gasteiger partial charge in [0.2, 0.25) is 0 Å². The van der Waals surface area contributed by atoms with E-state index < -0.39 is 12.1 Å². The summed E-state index contributed by atoms with van der Waals surface area (Å²) in [7, 11) is 0. The molecule has 0 saturated carbocycles. The lowest BCUT2D eigenvalue weighted by atomic mass is 10.2. The maximum absolute atomic E-state index is 12.6. The van der Waals surface area contributed by atoms with E-state index in [-0.39, 0.29) is 38.2 Å². The molecule has 1 aliphatic heterocycles. The van der Waals surface area contributed by atoms with Crippen LogP contribution in [0.25, 0.3) is 0 Å². The molecule has 1 N–H and O–H groups in total. The quantitative estimate of drug-likeness (QED) is 0.695. The van der Waals surface area contributed by atoms with Crippen molar-refractivity contribution in [2.75, 3.05) is 36.4 Å². The molecule has 32 heavy (non-hydrogen) atoms. The number of piperazine rings is 1. The van der Waals surface area contributed by atoms with Gasteiger partial charge in [-0.05, 0) is 56.3 Å². The van der Waals surface area contributed by atoms with Crippen LogP contribution in [0, 0.1) is 0 Å². The molecule has 2 aromatic carbocycles. The third kappa shape index (κ3) is 5.85. The zero-order valence-electron chi connectivity index (χ0n) is 17.6. The van der Waals surface area contributed by atoms with Gasteiger partial charge in [0, 0.05) is 37.4 Å². The van der Waals surface area contributed by atoms with Gasteiger partial charge in [0.25, 0.3) is 5.91 Å². The number of carbonyl (C=O) groups is 2. The zero-order valence-corrected chi connectivity index (χ0v) is 18.3. The van der Waals surface area contributed by atoms with Gasteiger partial charge in [-0.25, -0.2) is 0 Å². The number of halogens is 4. The van der Waals surface area contributed by atoms with Crippen LogP contribution in [0.15, 0.2) is 42.5 Å². The Bertz CT molecular complexity index is 973. The molecule has 1 saturated heterocycles. The minimum Gasteiger partial charge on any atom is -0.491 e. The number of anilines is 2. The predicted molar refractivity (Wildman–Crippen MR) is 116 cm³/mol. The number of rotatable bonds is 5. The van der Waals surface area contributed by atoms with Crippen LogP contribution in [0.1, 0.15) is 24.2 Å². The van der Waals surface area contributed by atoms with Crippen LogP contribution in [0.4, 0.5) is 24.5 Å². The number of nitrogens with zero attached hydrogens (tertiary/aromatic N) is 2. The van der Waals surface area contributed by atoms with Gasteiger partial charge in [0.1, 0.15) is 5.75 Å². The number of nitrogens with one attached hydrogen (secondary N) is 1. The summed E-state index contributed by atoms with van der Waals surface area (Å²) in [6.45, 7) is 4.16. The van der Waals surface area contributed by atoms with E-state index in [2.05, 4.69) is 5.32 Å². The highest BCUT2D eigenvalue weighted by Crippen LogP contribution is 2.30. The van der Waals surface area contributed by atoms with E-state index in [9.17, 15) is 22.8 Å². The molecule has 0 spiro atoms. The lowest BCUT2D eigenvalue weighted by Gasteiger charge is -2.36. The predicted octanol–water partition coefficient (Wildman–Crippen LogP) is 4.59. The highest BCUT2D eigenvalue weighted by molar-refractivity contribution is 6.33. The van der Waals surface area contributed by atoms with Gasteiger partial charge >= 0.3 is 12.1 Å². The molecular weight excluding hydrogens is 447 g/mol. The monoisotopic (exact) mass is 469 g/mol. The largest absolute Gasteiger partial charge is 0.491 e. The summed E-state index contributed by atoms with van der Waals surface area (Å²) in [5.41, 5.74) is 1.56. The van der Waals surface area contributed by atoms with Crippen LogP contribution in [-0.2, 0) is 4.79 Å². The van der Waals surface area contributed by atoms with Crippen molar-refractivity contribution in [3.8, 4) is 5.75 Å². The van der Waals surface area contributed by atoms with Gasteiger partial charge in [0.05, 0.1) is 16.8 Å². The van der Waals surface area contributed by atoms with Crippen LogP contribution < -0.4 is 15.0 Å². The van der Waals surface area contributed by atoms with Gasteiger partial charge in [-0.3, -0.25) is 9.59 Å². The molecule has 0 bridgehead atoms. The molecule has 6 nitrogen and oxygen atoms in total. The van der Waals surface area contributed by atoms with Crippen molar-refractivity contribution >= 4 is 34.8 Å². The molecule has 0 unspecified atom stereocenters. The second-order valence-electron chi connectivity index (χ2n) is 7.59. The van der Waals surface area contributed by atoms with E-state index in [1.165, 1.54) is 0 Å². The fourth-order valence-electron chi connectivity index (χ4n) is 3.33. The SMILES string of the molecule is CC(C)Oc1ccc(C(=O)Nc2ccc(N3CCN(C(=O)C(F)(F)F)CC3)c(Cl)c2)cc1. The first kappa shape index (κ1) is 23.7. The molecule has 0 aliphatic carbocycles. The molecule has 10 heteroatoms. The summed E-state index contributed by atoms with van der Waals surface area (Å²) >= 11 is 6.36. The molecule has 2 aromatic rings. The number of ether oxygens (including phenoxy) is 1. The number of hydrogen-bond acceptors (Lipinski definition) is 4. The van der Waals surface area contributed by atoms with Crippen molar-refractivity contribution in [3.63, 3.8) is 0 Å². The maximum Gasteiger partial charge on any atom is 0.471 e. The lowest BCUT2D eigenvalue weighted by Crippen LogP contribution is -2.52. The fourth-order valence-corrected chi connectivity index (χ4v) is 3.63. The Kier molecular flexibility index (Phi) is 7.18. The molecule has 172 valence electrons. The summed E-state index contributed by atoms with van der Waals surface area (Å²) in [6.07, 6.45) is -4.84. The molecule has 0 aromatic heterocycles. The Morgan fingerprint density at radius 2 is 1.66 bits per heavy atom. The Morgan fingerprint density at radius 3 is 2.19 bits per heavy atom. The molecule has 1 heterocycles. The second-order valence-corrected chi connectivity index (χ2v) is 8.00. The lowest BCUT2D eigenvalue weighted by molar-refractivity contribution is -0.185. The summed E-state index contributed by atoms with van der Waals surface area (Å²) in [5, 5.41) is 3.11. The summed E-state index contributed by atoms with van der Waals surface area (Å²) < 4.78 is 43.3. The number of hydrogen-bond donors (Lipinski definition) is 1. The third-order valence-electron chi connectivity index (χ3n) is 4.84. The Morgan fingerprint density at radius 1 is 1.03 bits per heavy atom. The number of carbonyl (C=O) groups excluding carboxylic acids is 2. The summed E-state index contributed by atoms with van der Waals surface area (Å²) in [5.74, 6) is -1.48. The van der Waals surface area contributed by atoms with E-state index in [0.717, 1.165) is 4.90 Å². The van der Waals surface area contributed by atoms with Gasteiger partial charge in [-0.2, -0.15) is 13.2 Å². The average Bonchev–Trinajstić information content (AvgIpc) is 2.73. The van der Waals surface area contributed by atoms with Gasteiger partial charge in [-0.15, -0.1) is 0 Å². The fraction of sp³-hybridized carbons (Fsp3) is 0.364. The molecule has 2 amide bonds. The van der Waals surface area contributed by atoms with Crippen LogP contribution in [0.5, 0.6) is 5.75 Å². The molecule has 1 aliphatic rings. The van der Waals surface area contributed by atoms with Crippen LogP contribution >= 0.6 is 11.6 Å². The molecule has 0 atom stereocenters. The Balaban J connectivity index is 1.61. The Labute approximate surface area is 188 Å². The smallest absolute Gasteiger partial charge is 0.471 e. The average molecular weight is 470 g/mol. The van der Waals surface area contributed by atoms with Gasteiger partial charge in [0.15, 0.2) is 0 Å². The molecule has 3 rings (SSSR count). The van der Waals surface area contributed by atoms with Crippen molar-refractivity contribution in [1.29, 1.82) is 0 Å². The first-order chi connectivity index (χ1) is 15.0. The molecule has 1 fully saturated rings. The van der Waals surface area contributed by atoms with E-state index in [0.29, 0.717) is 27.7 Å². The van der Waals surface area contributed by atoms with E-state index in [1.807, 2.05) is 18.7 Å². The summed E-state index contributed by atoms with van der Waals surface area (Å²) in [6, 6.07) is 11.7. The van der Waals surface area contributed by atoms with Crippen molar-refractivity contribution in [2.45, 2.75) is 26.1 Å². The van der Waals surface area contributed by atoms with Crippen LogP contribution in [-0.4, -0.2) is 55.2 Å². The topological polar surface area (TPSA) is 61.9 Å². The Hall–Kier alpha value is -2.94. The summed E-state index contributed by atoms with van der Waals surface area (Å²) in [4.78, 5) is 26.5. The van der Waals surface area contributed by atoms with Crippen molar-refractivity contribution in [1.82, 2.24) is 4.90 Å². The number of benzene rings is 2. The minimum absolute atomic E-state index is 0.0310. The highest BCUT2D eigenvalue weighted by atomic mass is 35.5. The molecular formula is C22H23ClF3N3O3. The molecule has 0 radical (unpaired) electrons. The van der Waals surface area contributed by atoms with Crippen molar-refractivity contribution < 1.29 is 27.5 Å². The van der Waals surface area contributed by atoms with E-state index in [1.54, 1.807) is 42.5 Å². The maximum atomic E-state index is 12.6. The zero-order chi connectivity index (χ0) is 23.5. The third-order valence-corrected chi connectivity index (χ3v) is 5.15. The van der Waals surface area contributed by atoms with Gasteiger partial charge < -0.3 is 19.9 Å².